The summed E-state index contributed by atoms with van der Waals surface area (Å²) < 4.78 is 6.76. The molecule has 0 bridgehead atoms. The third kappa shape index (κ3) is 3.49. The van der Waals surface area contributed by atoms with E-state index in [0.29, 0.717) is 29.0 Å². The summed E-state index contributed by atoms with van der Waals surface area (Å²) in [5.74, 6) is 1.36. The molecule has 3 heteroatoms. The highest BCUT2D eigenvalue weighted by Gasteiger charge is 2.50. The van der Waals surface area contributed by atoms with Gasteiger partial charge in [0.05, 0.1) is 6.10 Å². The van der Waals surface area contributed by atoms with Gasteiger partial charge in [0.1, 0.15) is 6.29 Å². The molecule has 0 heterocycles. The molecule has 112 valence electrons. The molecule has 19 heavy (non-hydrogen) atoms. The van der Waals surface area contributed by atoms with E-state index in [0.717, 1.165) is 12.2 Å². The summed E-state index contributed by atoms with van der Waals surface area (Å²) >= 11 is 0. The van der Waals surface area contributed by atoms with Crippen molar-refractivity contribution in [1.82, 2.24) is 0 Å². The van der Waals surface area contributed by atoms with Gasteiger partial charge < -0.3 is 9.22 Å². The average molecular weight is 285 g/mol. The fraction of sp³-hybridized carbons (Fsp3) is 0.938. The maximum atomic E-state index is 11.0. The first kappa shape index (κ1) is 16.9. The van der Waals surface area contributed by atoms with Crippen LogP contribution in [-0.2, 0) is 9.22 Å². The lowest BCUT2D eigenvalue weighted by Crippen LogP contribution is -2.50. The van der Waals surface area contributed by atoms with Crippen LogP contribution in [0.3, 0.4) is 0 Å². The number of hydrogen-bond acceptors (Lipinski definition) is 2. The van der Waals surface area contributed by atoms with E-state index >= 15 is 0 Å². The van der Waals surface area contributed by atoms with E-state index in [1.165, 1.54) is 6.42 Å². The van der Waals surface area contributed by atoms with E-state index in [9.17, 15) is 4.79 Å². The van der Waals surface area contributed by atoms with Gasteiger partial charge in [-0.2, -0.15) is 0 Å². The predicted octanol–water partition coefficient (Wildman–Crippen LogP) is 4.79. The minimum absolute atomic E-state index is 0.173. The summed E-state index contributed by atoms with van der Waals surface area (Å²) in [6, 6.07) is 0. The maximum Gasteiger partial charge on any atom is 0.200 e. The number of carbonyl (C=O) groups excluding carboxylic acids is 1. The standard InChI is InChI=1S/C16H32O2Si/c1-11(2)19(12(3)4,13(5)6)18-16(8-9-17)15-10-14(15)7/h9,11-16H,8,10H2,1-7H3/t14-,15-,16+/m1/s1. The van der Waals surface area contributed by atoms with E-state index in [4.69, 9.17) is 4.43 Å². The molecule has 0 aromatic carbocycles. The molecule has 0 spiro atoms. The van der Waals surface area contributed by atoms with Crippen LogP contribution < -0.4 is 0 Å². The smallest absolute Gasteiger partial charge is 0.200 e. The molecule has 0 aliphatic heterocycles. The molecule has 1 saturated carbocycles. The largest absolute Gasteiger partial charge is 0.412 e. The molecule has 0 aromatic heterocycles. The van der Waals surface area contributed by atoms with Crippen molar-refractivity contribution < 1.29 is 9.22 Å². The SMILES string of the molecule is CC(C)[Si](O[C@@H](CC=O)[C@@H]1C[C@H]1C)(C(C)C)C(C)C. The zero-order valence-electron chi connectivity index (χ0n) is 13.8. The molecular weight excluding hydrogens is 252 g/mol. The number of aldehydes is 1. The molecule has 0 N–H and O–H groups in total. The molecule has 0 unspecified atom stereocenters. The molecule has 1 aliphatic rings. The summed E-state index contributed by atoms with van der Waals surface area (Å²) in [5, 5.41) is 0. The van der Waals surface area contributed by atoms with Gasteiger partial charge in [-0.25, -0.2) is 0 Å². The molecule has 0 amide bonds. The van der Waals surface area contributed by atoms with Gasteiger partial charge in [0.2, 0.25) is 8.32 Å². The van der Waals surface area contributed by atoms with Gasteiger partial charge in [-0.15, -0.1) is 0 Å². The fourth-order valence-corrected chi connectivity index (χ4v) is 9.56. The minimum atomic E-state index is -1.84. The number of carbonyl (C=O) groups is 1. The Balaban J connectivity index is 2.94. The summed E-state index contributed by atoms with van der Waals surface area (Å²) in [4.78, 5) is 11.0. The topological polar surface area (TPSA) is 26.3 Å². The van der Waals surface area contributed by atoms with E-state index < -0.39 is 8.32 Å². The number of hydrogen-bond donors (Lipinski definition) is 0. The van der Waals surface area contributed by atoms with Gasteiger partial charge in [0, 0.05) is 6.42 Å². The second-order valence-corrected chi connectivity index (χ2v) is 12.7. The van der Waals surface area contributed by atoms with Crippen LogP contribution >= 0.6 is 0 Å². The van der Waals surface area contributed by atoms with Crippen molar-refractivity contribution in [2.24, 2.45) is 11.8 Å². The van der Waals surface area contributed by atoms with Gasteiger partial charge >= 0.3 is 0 Å². The second-order valence-electron chi connectivity index (χ2n) is 7.25. The molecule has 2 nitrogen and oxygen atoms in total. The summed E-state index contributed by atoms with van der Waals surface area (Å²) in [6.07, 6.45) is 3.04. The summed E-state index contributed by atoms with van der Waals surface area (Å²) in [7, 11) is -1.84. The number of rotatable bonds is 8. The first-order valence-electron chi connectivity index (χ1n) is 7.88. The molecule has 1 rings (SSSR count). The van der Waals surface area contributed by atoms with Crippen LogP contribution in [-0.4, -0.2) is 20.7 Å². The normalized spacial score (nSPS) is 25.2. The Kier molecular flexibility index (Phi) is 5.81. The molecular formula is C16H32O2Si. The Hall–Kier alpha value is -0.153. The average Bonchev–Trinajstić information content (AvgIpc) is 2.99. The van der Waals surface area contributed by atoms with Gasteiger partial charge in [-0.1, -0.05) is 48.5 Å². The van der Waals surface area contributed by atoms with Crippen molar-refractivity contribution >= 4 is 14.6 Å². The zero-order valence-corrected chi connectivity index (χ0v) is 14.8. The molecule has 0 saturated heterocycles. The van der Waals surface area contributed by atoms with Crippen LogP contribution in [0.25, 0.3) is 0 Å². The first-order valence-corrected chi connectivity index (χ1v) is 10.0. The lowest BCUT2D eigenvalue weighted by molar-refractivity contribution is -0.109. The van der Waals surface area contributed by atoms with Crippen molar-refractivity contribution in [1.29, 1.82) is 0 Å². The highest BCUT2D eigenvalue weighted by atomic mass is 28.4. The predicted molar refractivity (Wildman–Crippen MR) is 83.9 cm³/mol. The van der Waals surface area contributed by atoms with Gasteiger partial charge in [0.25, 0.3) is 0 Å². The van der Waals surface area contributed by atoms with Crippen LogP contribution in [0.4, 0.5) is 0 Å². The van der Waals surface area contributed by atoms with E-state index in [-0.39, 0.29) is 6.10 Å². The van der Waals surface area contributed by atoms with Gasteiger partial charge in [0.15, 0.2) is 0 Å². The van der Waals surface area contributed by atoms with E-state index in [1.54, 1.807) is 0 Å². The van der Waals surface area contributed by atoms with Gasteiger partial charge in [-0.3, -0.25) is 0 Å². The van der Waals surface area contributed by atoms with Crippen molar-refractivity contribution in [3.8, 4) is 0 Å². The van der Waals surface area contributed by atoms with Crippen LogP contribution in [0.15, 0.2) is 0 Å². The minimum Gasteiger partial charge on any atom is -0.412 e. The summed E-state index contributed by atoms with van der Waals surface area (Å²) in [6.45, 7) is 16.1. The maximum absolute atomic E-state index is 11.0. The van der Waals surface area contributed by atoms with Crippen LogP contribution in [0.5, 0.6) is 0 Å². The molecule has 0 aromatic rings. The van der Waals surface area contributed by atoms with Crippen LogP contribution in [0.1, 0.15) is 61.3 Å². The summed E-state index contributed by atoms with van der Waals surface area (Å²) in [5.41, 5.74) is 1.78. The monoisotopic (exact) mass is 284 g/mol. The lowest BCUT2D eigenvalue weighted by atomic mass is 10.1. The van der Waals surface area contributed by atoms with E-state index in [1.807, 2.05) is 0 Å². The van der Waals surface area contributed by atoms with Crippen molar-refractivity contribution in [2.45, 2.75) is 84.0 Å². The zero-order chi connectivity index (χ0) is 14.8. The molecule has 3 atom stereocenters. The first-order chi connectivity index (χ1) is 8.77. The quantitative estimate of drug-likeness (QED) is 0.473. The second kappa shape index (κ2) is 6.53. The highest BCUT2D eigenvalue weighted by Crippen LogP contribution is 2.48. The van der Waals surface area contributed by atoms with Crippen molar-refractivity contribution in [2.75, 3.05) is 0 Å². The Morgan fingerprint density at radius 1 is 1.11 bits per heavy atom. The molecule has 1 aliphatic carbocycles. The lowest BCUT2D eigenvalue weighted by Gasteiger charge is -2.44. The Labute approximate surface area is 120 Å². The van der Waals surface area contributed by atoms with Crippen LogP contribution in [0.2, 0.25) is 16.6 Å². The molecule has 1 fully saturated rings. The Bertz CT molecular complexity index is 277. The van der Waals surface area contributed by atoms with Gasteiger partial charge in [-0.05, 0) is 34.9 Å². The van der Waals surface area contributed by atoms with Crippen molar-refractivity contribution in [3.63, 3.8) is 0 Å². The van der Waals surface area contributed by atoms with Crippen molar-refractivity contribution in [3.05, 3.63) is 0 Å². The highest BCUT2D eigenvalue weighted by molar-refractivity contribution is 6.77. The Morgan fingerprint density at radius 3 is 1.79 bits per heavy atom. The Morgan fingerprint density at radius 2 is 1.53 bits per heavy atom. The molecule has 0 radical (unpaired) electrons. The third-order valence-electron chi connectivity index (χ3n) is 5.04. The third-order valence-corrected chi connectivity index (χ3v) is 11.2. The van der Waals surface area contributed by atoms with E-state index in [2.05, 4.69) is 48.5 Å². The fourth-order valence-electron chi connectivity index (χ4n) is 3.94. The van der Waals surface area contributed by atoms with Crippen LogP contribution in [0, 0.1) is 11.8 Å².